The average molecular weight is 417 g/mol. The molecule has 21 heavy (non-hydrogen) atoms. The summed E-state index contributed by atoms with van der Waals surface area (Å²) >= 11 is 9.12. The third kappa shape index (κ3) is 5.13. The van der Waals surface area contributed by atoms with Crippen LogP contribution in [0.25, 0.3) is 0 Å². The van der Waals surface area contributed by atoms with Crippen molar-refractivity contribution in [2.75, 3.05) is 13.6 Å². The number of hydrogen-bond donors (Lipinski definition) is 0. The molecule has 0 radical (unpaired) electrons. The molecule has 0 aliphatic carbocycles. The molecule has 8 heteroatoms. The van der Waals surface area contributed by atoms with E-state index in [1.165, 1.54) is 17.0 Å². The van der Waals surface area contributed by atoms with Crippen LogP contribution in [0.4, 0.5) is 0 Å². The van der Waals surface area contributed by atoms with Crippen LogP contribution in [0.5, 0.6) is 0 Å². The molecule has 0 aromatic heterocycles. The van der Waals surface area contributed by atoms with Gasteiger partial charge in [0.15, 0.2) is 0 Å². The van der Waals surface area contributed by atoms with Crippen LogP contribution in [-0.4, -0.2) is 32.8 Å². The highest BCUT2D eigenvalue weighted by molar-refractivity contribution is 9.10. The van der Waals surface area contributed by atoms with Gasteiger partial charge in [-0.2, -0.15) is 0 Å². The van der Waals surface area contributed by atoms with Gasteiger partial charge in [0.2, 0.25) is 0 Å². The van der Waals surface area contributed by atoms with Gasteiger partial charge in [-0.15, -0.1) is 0 Å². The molecule has 118 valence electrons. The Kier molecular flexibility index (Phi) is 6.53. The van der Waals surface area contributed by atoms with Gasteiger partial charge in [0.25, 0.3) is 15.0 Å². The minimum Gasteiger partial charge on any atom is -0.342 e. The SMILES string of the molecule is CC(C)CCN(C)C(=O)c1cc(S(=O)(=O)Cl)c(Br)cc1Cl. The molecule has 0 heterocycles. The Morgan fingerprint density at radius 1 is 1.38 bits per heavy atom. The lowest BCUT2D eigenvalue weighted by Gasteiger charge is -2.19. The molecular weight excluding hydrogens is 401 g/mol. The van der Waals surface area contributed by atoms with Gasteiger partial charge in [-0.1, -0.05) is 25.4 Å². The van der Waals surface area contributed by atoms with E-state index in [-0.39, 0.29) is 25.9 Å². The fourth-order valence-corrected chi connectivity index (χ4v) is 4.21. The molecule has 0 fully saturated rings. The van der Waals surface area contributed by atoms with E-state index in [1.807, 2.05) is 0 Å². The fraction of sp³-hybridized carbons (Fsp3) is 0.462. The van der Waals surface area contributed by atoms with Crippen molar-refractivity contribution < 1.29 is 13.2 Å². The Morgan fingerprint density at radius 3 is 2.43 bits per heavy atom. The van der Waals surface area contributed by atoms with Crippen molar-refractivity contribution in [2.24, 2.45) is 5.92 Å². The summed E-state index contributed by atoms with van der Waals surface area (Å²) in [7, 11) is 3.04. The smallest absolute Gasteiger partial charge is 0.262 e. The van der Waals surface area contributed by atoms with Crippen molar-refractivity contribution in [3.63, 3.8) is 0 Å². The van der Waals surface area contributed by atoms with Crippen molar-refractivity contribution in [1.82, 2.24) is 4.90 Å². The largest absolute Gasteiger partial charge is 0.342 e. The predicted molar refractivity (Wildman–Crippen MR) is 88.6 cm³/mol. The molecule has 0 bridgehead atoms. The molecule has 0 unspecified atom stereocenters. The normalized spacial score (nSPS) is 11.8. The molecule has 0 N–H and O–H groups in total. The van der Waals surface area contributed by atoms with E-state index in [0.29, 0.717) is 12.5 Å². The van der Waals surface area contributed by atoms with E-state index in [0.717, 1.165) is 6.42 Å². The molecule has 0 aliphatic heterocycles. The van der Waals surface area contributed by atoms with E-state index >= 15 is 0 Å². The highest BCUT2D eigenvalue weighted by Gasteiger charge is 2.22. The standard InChI is InChI=1S/C13H16BrCl2NO3S/c1-8(2)4-5-17(3)13(18)9-6-12(21(16,19)20)10(14)7-11(9)15/h6-8H,4-5H2,1-3H3. The second kappa shape index (κ2) is 7.31. The van der Waals surface area contributed by atoms with E-state index in [9.17, 15) is 13.2 Å². The lowest BCUT2D eigenvalue weighted by atomic mass is 10.1. The lowest BCUT2D eigenvalue weighted by molar-refractivity contribution is 0.0789. The quantitative estimate of drug-likeness (QED) is 0.677. The second-order valence-electron chi connectivity index (χ2n) is 5.11. The van der Waals surface area contributed by atoms with Crippen LogP contribution in [0.1, 0.15) is 30.6 Å². The summed E-state index contributed by atoms with van der Waals surface area (Å²) in [6, 6.07) is 2.56. The molecule has 4 nitrogen and oxygen atoms in total. The third-order valence-corrected chi connectivity index (χ3v) is 5.50. The number of nitrogens with zero attached hydrogens (tertiary/aromatic N) is 1. The minimum absolute atomic E-state index is 0.116. The zero-order chi connectivity index (χ0) is 16.4. The minimum atomic E-state index is -3.96. The van der Waals surface area contributed by atoms with Gasteiger partial charge in [-0.05, 0) is 40.4 Å². The van der Waals surface area contributed by atoms with Gasteiger partial charge < -0.3 is 4.90 Å². The van der Waals surface area contributed by atoms with E-state index in [2.05, 4.69) is 29.8 Å². The van der Waals surface area contributed by atoms with Gasteiger partial charge in [-0.25, -0.2) is 8.42 Å². The molecule has 0 atom stereocenters. The summed E-state index contributed by atoms with van der Waals surface area (Å²) < 4.78 is 23.2. The molecule has 0 saturated heterocycles. The summed E-state index contributed by atoms with van der Waals surface area (Å²) in [6.45, 7) is 4.68. The molecular formula is C13H16BrCl2NO3S. The average Bonchev–Trinajstić information content (AvgIpc) is 2.33. The Morgan fingerprint density at radius 2 is 1.95 bits per heavy atom. The molecule has 1 rings (SSSR count). The molecule has 0 saturated carbocycles. The maximum absolute atomic E-state index is 12.4. The first-order chi connectivity index (χ1) is 9.54. The van der Waals surface area contributed by atoms with Crippen LogP contribution in [0.15, 0.2) is 21.5 Å². The number of hydrogen-bond acceptors (Lipinski definition) is 3. The maximum atomic E-state index is 12.4. The van der Waals surface area contributed by atoms with Crippen molar-refractivity contribution in [3.05, 3.63) is 27.2 Å². The third-order valence-electron chi connectivity index (χ3n) is 2.90. The Labute approximate surface area is 143 Å². The van der Waals surface area contributed by atoms with Crippen LogP contribution in [-0.2, 0) is 9.05 Å². The monoisotopic (exact) mass is 415 g/mol. The van der Waals surface area contributed by atoms with E-state index in [4.69, 9.17) is 22.3 Å². The Hall–Kier alpha value is -0.300. The first-order valence-corrected chi connectivity index (χ1v) is 9.71. The van der Waals surface area contributed by atoms with Crippen LogP contribution in [0, 0.1) is 5.92 Å². The van der Waals surface area contributed by atoms with Crippen molar-refractivity contribution in [3.8, 4) is 0 Å². The van der Waals surface area contributed by atoms with Crippen molar-refractivity contribution >= 4 is 53.2 Å². The van der Waals surface area contributed by atoms with Gasteiger partial charge in [0.1, 0.15) is 0 Å². The summed E-state index contributed by atoms with van der Waals surface area (Å²) in [4.78, 5) is 13.7. The van der Waals surface area contributed by atoms with Gasteiger partial charge in [0.05, 0.1) is 15.5 Å². The Bertz CT molecular complexity index is 647. The number of amides is 1. The molecule has 1 aromatic carbocycles. The molecule has 0 spiro atoms. The Balaban J connectivity index is 3.16. The summed E-state index contributed by atoms with van der Waals surface area (Å²) in [5, 5.41) is 0.173. The number of halogens is 3. The summed E-state index contributed by atoms with van der Waals surface area (Å²) in [6.07, 6.45) is 0.844. The molecule has 0 aliphatic rings. The van der Waals surface area contributed by atoms with E-state index in [1.54, 1.807) is 7.05 Å². The molecule has 1 amide bonds. The van der Waals surface area contributed by atoms with Gasteiger partial charge in [0, 0.05) is 28.7 Å². The predicted octanol–water partition coefficient (Wildman–Crippen LogP) is 4.15. The zero-order valence-electron chi connectivity index (χ0n) is 11.9. The van der Waals surface area contributed by atoms with Gasteiger partial charge in [-0.3, -0.25) is 4.79 Å². The first kappa shape index (κ1) is 18.7. The van der Waals surface area contributed by atoms with E-state index < -0.39 is 9.05 Å². The second-order valence-corrected chi connectivity index (χ2v) is 8.91. The number of benzene rings is 1. The summed E-state index contributed by atoms with van der Waals surface area (Å²) in [5.41, 5.74) is 0.116. The molecule has 1 aromatic rings. The zero-order valence-corrected chi connectivity index (χ0v) is 15.8. The maximum Gasteiger partial charge on any atom is 0.262 e. The van der Waals surface area contributed by atoms with Gasteiger partial charge >= 0.3 is 0 Å². The highest BCUT2D eigenvalue weighted by Crippen LogP contribution is 2.31. The van der Waals surface area contributed by atoms with Crippen LogP contribution in [0.2, 0.25) is 5.02 Å². The first-order valence-electron chi connectivity index (χ1n) is 6.23. The lowest BCUT2D eigenvalue weighted by Crippen LogP contribution is -2.28. The number of rotatable bonds is 5. The number of carbonyl (C=O) groups excluding carboxylic acids is 1. The summed E-state index contributed by atoms with van der Waals surface area (Å²) in [5.74, 6) is 0.120. The van der Waals surface area contributed by atoms with Crippen LogP contribution in [0.3, 0.4) is 0 Å². The van der Waals surface area contributed by atoms with Crippen molar-refractivity contribution in [1.29, 1.82) is 0 Å². The fourth-order valence-electron chi connectivity index (χ4n) is 1.64. The van der Waals surface area contributed by atoms with Crippen LogP contribution >= 0.6 is 38.2 Å². The number of carbonyl (C=O) groups is 1. The highest BCUT2D eigenvalue weighted by atomic mass is 79.9. The topological polar surface area (TPSA) is 54.5 Å². The van der Waals surface area contributed by atoms with Crippen molar-refractivity contribution in [2.45, 2.75) is 25.2 Å². The van der Waals surface area contributed by atoms with Crippen LogP contribution < -0.4 is 0 Å².